The van der Waals surface area contributed by atoms with Crippen LogP contribution in [-0.4, -0.2) is 31.0 Å². The molecule has 0 bridgehead atoms. The molecule has 0 unspecified atom stereocenters. The van der Waals surface area contributed by atoms with Gasteiger partial charge in [-0.1, -0.05) is 23.8 Å². The van der Waals surface area contributed by atoms with Gasteiger partial charge in [0.15, 0.2) is 5.96 Å². The Hall–Kier alpha value is -1.51. The maximum absolute atomic E-state index is 4.36. The highest BCUT2D eigenvalue weighted by Crippen LogP contribution is 2.11. The van der Waals surface area contributed by atoms with E-state index in [4.69, 9.17) is 0 Å². The molecule has 18 heavy (non-hydrogen) atoms. The smallest absolute Gasteiger partial charge is 0.193 e. The highest BCUT2D eigenvalue weighted by atomic mass is 15.3. The Kier molecular flexibility index (Phi) is 4.24. The Balaban J connectivity index is 1.97. The summed E-state index contributed by atoms with van der Waals surface area (Å²) in [6.07, 6.45) is 2.56. The predicted octanol–water partition coefficient (Wildman–Crippen LogP) is 2.47. The molecule has 0 radical (unpaired) electrons. The van der Waals surface area contributed by atoms with Gasteiger partial charge in [0.25, 0.3) is 0 Å². The van der Waals surface area contributed by atoms with E-state index in [1.54, 1.807) is 0 Å². The Morgan fingerprint density at radius 2 is 2.00 bits per heavy atom. The van der Waals surface area contributed by atoms with E-state index in [9.17, 15) is 0 Å². The predicted molar refractivity (Wildman–Crippen MR) is 76.9 cm³/mol. The van der Waals surface area contributed by atoms with Crippen molar-refractivity contribution in [3.8, 4) is 0 Å². The average Bonchev–Trinajstić information content (AvgIpc) is 2.86. The molecule has 0 aliphatic carbocycles. The molecule has 0 saturated carbocycles. The molecule has 2 rings (SSSR count). The zero-order valence-electron chi connectivity index (χ0n) is 11.7. The quantitative estimate of drug-likeness (QED) is 0.640. The molecule has 1 aliphatic rings. The topological polar surface area (TPSA) is 27.6 Å². The molecule has 0 spiro atoms. The van der Waals surface area contributed by atoms with Crippen LogP contribution >= 0.6 is 0 Å². The summed E-state index contributed by atoms with van der Waals surface area (Å²) in [6.45, 7) is 7.42. The largest absolute Gasteiger partial charge is 0.352 e. The second kappa shape index (κ2) is 5.89. The van der Waals surface area contributed by atoms with Gasteiger partial charge in [-0.3, -0.25) is 4.99 Å². The Morgan fingerprint density at radius 1 is 1.28 bits per heavy atom. The van der Waals surface area contributed by atoms with Crippen LogP contribution in [-0.2, 0) is 6.54 Å². The van der Waals surface area contributed by atoms with E-state index < -0.39 is 0 Å². The van der Waals surface area contributed by atoms with E-state index in [2.05, 4.69) is 47.3 Å². The maximum Gasteiger partial charge on any atom is 0.193 e. The fourth-order valence-electron chi connectivity index (χ4n) is 2.48. The lowest BCUT2D eigenvalue weighted by Gasteiger charge is -2.21. The number of hydrogen-bond acceptors (Lipinski definition) is 1. The first-order valence-electron chi connectivity index (χ1n) is 6.72. The molecule has 0 atom stereocenters. The zero-order chi connectivity index (χ0) is 13.0. The number of rotatable bonds is 2. The molecule has 0 amide bonds. The van der Waals surface area contributed by atoms with Crippen molar-refractivity contribution in [2.45, 2.75) is 33.2 Å². The molecule has 1 aromatic rings. The number of likely N-dealkylation sites (tertiary alicyclic amines) is 1. The van der Waals surface area contributed by atoms with Crippen molar-refractivity contribution in [1.29, 1.82) is 0 Å². The Morgan fingerprint density at radius 3 is 2.61 bits per heavy atom. The third-order valence-electron chi connectivity index (χ3n) is 3.55. The van der Waals surface area contributed by atoms with Crippen molar-refractivity contribution >= 4 is 5.96 Å². The summed E-state index contributed by atoms with van der Waals surface area (Å²) < 4.78 is 0. The lowest BCUT2D eigenvalue weighted by atomic mass is 10.1. The molecule has 0 aromatic heterocycles. The second-order valence-corrected chi connectivity index (χ2v) is 5.02. The number of aliphatic imine (C=N–C) groups is 1. The third-order valence-corrected chi connectivity index (χ3v) is 3.55. The molecular weight excluding hydrogens is 222 g/mol. The van der Waals surface area contributed by atoms with Crippen LogP contribution in [0.25, 0.3) is 0 Å². The van der Waals surface area contributed by atoms with Gasteiger partial charge in [0.2, 0.25) is 0 Å². The third kappa shape index (κ3) is 3.03. The number of hydrogen-bond donors (Lipinski definition) is 1. The SMILES string of the molecule is CN=C(NCc1ccc(C)cc1C)N1CCCC1. The van der Waals surface area contributed by atoms with Crippen LogP contribution < -0.4 is 5.32 Å². The molecule has 98 valence electrons. The van der Waals surface area contributed by atoms with Crippen LogP contribution in [0.1, 0.15) is 29.5 Å². The fourth-order valence-corrected chi connectivity index (χ4v) is 2.48. The van der Waals surface area contributed by atoms with Crippen molar-refractivity contribution < 1.29 is 0 Å². The van der Waals surface area contributed by atoms with E-state index >= 15 is 0 Å². The van der Waals surface area contributed by atoms with Gasteiger partial charge >= 0.3 is 0 Å². The average molecular weight is 245 g/mol. The van der Waals surface area contributed by atoms with E-state index in [1.807, 2.05) is 7.05 Å². The van der Waals surface area contributed by atoms with E-state index in [0.29, 0.717) is 0 Å². The van der Waals surface area contributed by atoms with Crippen molar-refractivity contribution in [3.05, 3.63) is 34.9 Å². The number of guanidine groups is 1. The number of benzene rings is 1. The first kappa shape index (κ1) is 12.9. The summed E-state index contributed by atoms with van der Waals surface area (Å²) in [5, 5.41) is 3.46. The van der Waals surface area contributed by atoms with Crippen molar-refractivity contribution in [3.63, 3.8) is 0 Å². The number of nitrogens with zero attached hydrogens (tertiary/aromatic N) is 2. The highest BCUT2D eigenvalue weighted by Gasteiger charge is 2.15. The molecule has 1 saturated heterocycles. The van der Waals surface area contributed by atoms with Crippen LogP contribution in [0.3, 0.4) is 0 Å². The van der Waals surface area contributed by atoms with Crippen LogP contribution in [0, 0.1) is 13.8 Å². The maximum atomic E-state index is 4.36. The Bertz CT molecular complexity index is 431. The number of aryl methyl sites for hydroxylation is 2. The van der Waals surface area contributed by atoms with Crippen molar-refractivity contribution in [2.75, 3.05) is 20.1 Å². The first-order chi connectivity index (χ1) is 8.70. The summed E-state index contributed by atoms with van der Waals surface area (Å²) >= 11 is 0. The lowest BCUT2D eigenvalue weighted by molar-refractivity contribution is 0.493. The van der Waals surface area contributed by atoms with Crippen LogP contribution in [0.4, 0.5) is 0 Å². The standard InChI is InChI=1S/C15H23N3/c1-12-6-7-14(13(2)10-12)11-17-15(16-3)18-8-4-5-9-18/h6-7,10H,4-5,8-9,11H2,1-3H3,(H,16,17). The van der Waals surface area contributed by atoms with Gasteiger partial charge in [0.1, 0.15) is 0 Å². The minimum absolute atomic E-state index is 0.856. The molecule has 3 heteroatoms. The van der Waals surface area contributed by atoms with Gasteiger partial charge < -0.3 is 10.2 Å². The second-order valence-electron chi connectivity index (χ2n) is 5.02. The van der Waals surface area contributed by atoms with Crippen molar-refractivity contribution in [2.24, 2.45) is 4.99 Å². The summed E-state index contributed by atoms with van der Waals surface area (Å²) in [6, 6.07) is 6.60. The van der Waals surface area contributed by atoms with E-state index in [-0.39, 0.29) is 0 Å². The fraction of sp³-hybridized carbons (Fsp3) is 0.533. The normalized spacial score (nSPS) is 16.2. The van der Waals surface area contributed by atoms with Crippen molar-refractivity contribution in [1.82, 2.24) is 10.2 Å². The Labute approximate surface area is 110 Å². The molecular formula is C15H23N3. The summed E-state index contributed by atoms with van der Waals surface area (Å²) in [5.74, 6) is 1.03. The summed E-state index contributed by atoms with van der Waals surface area (Å²) in [4.78, 5) is 6.70. The van der Waals surface area contributed by atoms with E-state index in [1.165, 1.54) is 29.5 Å². The molecule has 1 heterocycles. The van der Waals surface area contributed by atoms with Gasteiger partial charge in [-0.05, 0) is 37.8 Å². The van der Waals surface area contributed by atoms with E-state index in [0.717, 1.165) is 25.6 Å². The molecule has 1 aliphatic heterocycles. The van der Waals surface area contributed by atoms with Gasteiger partial charge in [0, 0.05) is 26.7 Å². The minimum atomic E-state index is 0.856. The monoisotopic (exact) mass is 245 g/mol. The van der Waals surface area contributed by atoms with Gasteiger partial charge in [-0.15, -0.1) is 0 Å². The summed E-state index contributed by atoms with van der Waals surface area (Å²) in [7, 11) is 1.86. The van der Waals surface area contributed by atoms with Gasteiger partial charge in [-0.25, -0.2) is 0 Å². The van der Waals surface area contributed by atoms with Crippen LogP contribution in [0.15, 0.2) is 23.2 Å². The lowest BCUT2D eigenvalue weighted by Crippen LogP contribution is -2.39. The molecule has 1 N–H and O–H groups in total. The minimum Gasteiger partial charge on any atom is -0.352 e. The van der Waals surface area contributed by atoms with Crippen LogP contribution in [0.5, 0.6) is 0 Å². The first-order valence-corrected chi connectivity index (χ1v) is 6.72. The molecule has 1 fully saturated rings. The van der Waals surface area contributed by atoms with Gasteiger partial charge in [0.05, 0.1) is 0 Å². The van der Waals surface area contributed by atoms with Gasteiger partial charge in [-0.2, -0.15) is 0 Å². The molecule has 1 aromatic carbocycles. The highest BCUT2D eigenvalue weighted by molar-refractivity contribution is 5.80. The summed E-state index contributed by atoms with van der Waals surface area (Å²) in [5.41, 5.74) is 4.01. The molecule has 3 nitrogen and oxygen atoms in total. The number of nitrogens with one attached hydrogen (secondary N) is 1. The zero-order valence-corrected chi connectivity index (χ0v) is 11.7. The van der Waals surface area contributed by atoms with Crippen LogP contribution in [0.2, 0.25) is 0 Å².